The molecule has 0 saturated heterocycles. The first-order valence-electron chi connectivity index (χ1n) is 5.12. The first-order valence-corrected chi connectivity index (χ1v) is 5.91. The summed E-state index contributed by atoms with van der Waals surface area (Å²) >= 11 is 3.37. The summed E-state index contributed by atoms with van der Waals surface area (Å²) in [6.07, 6.45) is -0.459. The number of amidine groups is 1. The fourth-order valence-electron chi connectivity index (χ4n) is 1.59. The second kappa shape index (κ2) is 5.88. The molecule has 0 heterocycles. The van der Waals surface area contributed by atoms with Crippen LogP contribution in [0.3, 0.4) is 0 Å². The Morgan fingerprint density at radius 2 is 2.24 bits per heavy atom. The molecule has 0 spiro atoms. The van der Waals surface area contributed by atoms with Gasteiger partial charge >= 0.3 is 0 Å². The number of halogens is 1. The quantitative estimate of drug-likeness (QED) is 0.339. The zero-order chi connectivity index (χ0) is 13.0. The van der Waals surface area contributed by atoms with Crippen molar-refractivity contribution in [2.45, 2.75) is 13.0 Å². The predicted molar refractivity (Wildman–Crippen MR) is 71.6 cm³/mol. The van der Waals surface area contributed by atoms with Crippen LogP contribution < -0.4 is 10.6 Å². The van der Waals surface area contributed by atoms with E-state index in [0.717, 1.165) is 10.2 Å². The molecule has 17 heavy (non-hydrogen) atoms. The van der Waals surface area contributed by atoms with Crippen molar-refractivity contribution in [1.82, 2.24) is 0 Å². The highest BCUT2D eigenvalue weighted by atomic mass is 79.9. The first-order chi connectivity index (χ1) is 7.95. The van der Waals surface area contributed by atoms with Crippen LogP contribution >= 0.6 is 15.9 Å². The van der Waals surface area contributed by atoms with Crippen LogP contribution in [0, 0.1) is 0 Å². The molecular formula is C11H16BrN3O2. The number of anilines is 1. The van der Waals surface area contributed by atoms with Crippen molar-refractivity contribution < 1.29 is 10.3 Å². The van der Waals surface area contributed by atoms with Gasteiger partial charge in [0, 0.05) is 29.3 Å². The largest absolute Gasteiger partial charge is 0.409 e. The van der Waals surface area contributed by atoms with Crippen molar-refractivity contribution in [1.29, 1.82) is 0 Å². The molecule has 0 aliphatic rings. The van der Waals surface area contributed by atoms with E-state index in [2.05, 4.69) is 21.1 Å². The maximum absolute atomic E-state index is 9.38. The number of aliphatic hydroxyl groups excluding tert-OH is 1. The molecule has 0 aromatic heterocycles. The SMILES string of the molecule is CC(O)CN(C)c1cc(Br)ccc1/C(N)=N/O. The van der Waals surface area contributed by atoms with Crippen LogP contribution in [0.1, 0.15) is 12.5 Å². The Labute approximate surface area is 109 Å². The number of aliphatic hydroxyl groups is 1. The zero-order valence-corrected chi connectivity index (χ0v) is 11.3. The van der Waals surface area contributed by atoms with E-state index in [9.17, 15) is 5.11 Å². The van der Waals surface area contributed by atoms with Crippen LogP contribution in [-0.4, -0.2) is 35.8 Å². The Bertz CT molecular complexity index is 421. The molecule has 6 heteroatoms. The molecule has 0 bridgehead atoms. The summed E-state index contributed by atoms with van der Waals surface area (Å²) in [5.74, 6) is 0.0462. The first kappa shape index (κ1) is 13.8. The molecule has 0 aliphatic heterocycles. The number of hydrogen-bond acceptors (Lipinski definition) is 4. The number of oxime groups is 1. The Morgan fingerprint density at radius 1 is 1.59 bits per heavy atom. The highest BCUT2D eigenvalue weighted by Gasteiger charge is 2.13. The molecule has 1 rings (SSSR count). The van der Waals surface area contributed by atoms with Gasteiger partial charge in [0.1, 0.15) is 0 Å². The van der Waals surface area contributed by atoms with Crippen LogP contribution in [0.15, 0.2) is 27.8 Å². The summed E-state index contributed by atoms with van der Waals surface area (Å²) in [6.45, 7) is 2.17. The minimum Gasteiger partial charge on any atom is -0.409 e. The molecular weight excluding hydrogens is 286 g/mol. The number of nitrogens with zero attached hydrogens (tertiary/aromatic N) is 2. The highest BCUT2D eigenvalue weighted by Crippen LogP contribution is 2.24. The standard InChI is InChI=1S/C11H16BrN3O2/c1-7(16)6-15(2)10-5-8(12)3-4-9(10)11(13)14-17/h3-5,7,16-17H,6H2,1-2H3,(H2,13,14). The molecule has 4 N–H and O–H groups in total. The summed E-state index contributed by atoms with van der Waals surface area (Å²) in [7, 11) is 1.84. The van der Waals surface area contributed by atoms with Crippen molar-refractivity contribution in [2.24, 2.45) is 10.9 Å². The van der Waals surface area contributed by atoms with Gasteiger partial charge in [0.25, 0.3) is 0 Å². The lowest BCUT2D eigenvalue weighted by Gasteiger charge is -2.23. The minimum atomic E-state index is -0.459. The maximum Gasteiger partial charge on any atom is 0.172 e. The Kier molecular flexibility index (Phi) is 4.77. The number of benzene rings is 1. The molecule has 1 atom stereocenters. The smallest absolute Gasteiger partial charge is 0.172 e. The van der Waals surface area contributed by atoms with E-state index in [-0.39, 0.29) is 5.84 Å². The Balaban J connectivity index is 3.15. The van der Waals surface area contributed by atoms with E-state index in [1.165, 1.54) is 0 Å². The van der Waals surface area contributed by atoms with E-state index in [0.29, 0.717) is 12.1 Å². The molecule has 1 aromatic rings. The normalized spacial score (nSPS) is 13.5. The summed E-state index contributed by atoms with van der Waals surface area (Å²) in [6, 6.07) is 5.43. The van der Waals surface area contributed by atoms with Gasteiger partial charge in [-0.25, -0.2) is 0 Å². The number of rotatable bonds is 4. The number of likely N-dealkylation sites (N-methyl/N-ethyl adjacent to an activating group) is 1. The molecule has 94 valence electrons. The van der Waals surface area contributed by atoms with E-state index in [1.807, 2.05) is 24.1 Å². The van der Waals surface area contributed by atoms with Crippen molar-refractivity contribution in [3.05, 3.63) is 28.2 Å². The van der Waals surface area contributed by atoms with Crippen molar-refractivity contribution in [3.63, 3.8) is 0 Å². The summed E-state index contributed by atoms with van der Waals surface area (Å²) < 4.78 is 0.888. The van der Waals surface area contributed by atoms with Crippen LogP contribution in [0.4, 0.5) is 5.69 Å². The van der Waals surface area contributed by atoms with Gasteiger partial charge in [0.2, 0.25) is 0 Å². The lowest BCUT2D eigenvalue weighted by molar-refractivity contribution is 0.201. The molecule has 1 unspecified atom stereocenters. The van der Waals surface area contributed by atoms with Gasteiger partial charge in [-0.1, -0.05) is 21.1 Å². The molecule has 1 aromatic carbocycles. The average Bonchev–Trinajstić information content (AvgIpc) is 2.27. The average molecular weight is 302 g/mol. The second-order valence-electron chi connectivity index (χ2n) is 3.88. The van der Waals surface area contributed by atoms with Gasteiger partial charge < -0.3 is 20.9 Å². The summed E-state index contributed by atoms with van der Waals surface area (Å²) in [4.78, 5) is 1.85. The number of nitrogens with two attached hydrogens (primary N) is 1. The van der Waals surface area contributed by atoms with Crippen LogP contribution in [0.5, 0.6) is 0 Å². The minimum absolute atomic E-state index is 0.0462. The fraction of sp³-hybridized carbons (Fsp3) is 0.364. The van der Waals surface area contributed by atoms with Gasteiger partial charge in [0.15, 0.2) is 5.84 Å². The molecule has 0 radical (unpaired) electrons. The fourth-order valence-corrected chi connectivity index (χ4v) is 1.93. The summed E-state index contributed by atoms with van der Waals surface area (Å²) in [5, 5.41) is 21.1. The lowest BCUT2D eigenvalue weighted by Crippen LogP contribution is -2.29. The van der Waals surface area contributed by atoms with E-state index >= 15 is 0 Å². The zero-order valence-electron chi connectivity index (χ0n) is 9.76. The van der Waals surface area contributed by atoms with Crippen LogP contribution in [0.2, 0.25) is 0 Å². The van der Waals surface area contributed by atoms with Crippen LogP contribution in [0.25, 0.3) is 0 Å². The molecule has 0 saturated carbocycles. The topological polar surface area (TPSA) is 82.1 Å². The van der Waals surface area contributed by atoms with E-state index in [4.69, 9.17) is 10.9 Å². The summed E-state index contributed by atoms with van der Waals surface area (Å²) in [5.41, 5.74) is 7.02. The lowest BCUT2D eigenvalue weighted by atomic mass is 10.1. The van der Waals surface area contributed by atoms with Gasteiger partial charge in [0.05, 0.1) is 6.10 Å². The Hall–Kier alpha value is -1.27. The molecule has 0 amide bonds. The monoisotopic (exact) mass is 301 g/mol. The Morgan fingerprint density at radius 3 is 2.76 bits per heavy atom. The van der Waals surface area contributed by atoms with Gasteiger partial charge in [-0.3, -0.25) is 0 Å². The second-order valence-corrected chi connectivity index (χ2v) is 4.79. The van der Waals surface area contributed by atoms with Gasteiger partial charge in [-0.05, 0) is 25.1 Å². The molecule has 0 aliphatic carbocycles. The van der Waals surface area contributed by atoms with Crippen molar-refractivity contribution in [3.8, 4) is 0 Å². The maximum atomic E-state index is 9.38. The van der Waals surface area contributed by atoms with Gasteiger partial charge in [-0.2, -0.15) is 0 Å². The number of hydrogen-bond donors (Lipinski definition) is 3. The third kappa shape index (κ3) is 3.61. The molecule has 5 nitrogen and oxygen atoms in total. The third-order valence-electron chi connectivity index (χ3n) is 2.29. The van der Waals surface area contributed by atoms with Crippen LogP contribution in [-0.2, 0) is 0 Å². The van der Waals surface area contributed by atoms with Crippen molar-refractivity contribution in [2.75, 3.05) is 18.5 Å². The van der Waals surface area contributed by atoms with Crippen molar-refractivity contribution >= 4 is 27.5 Å². The third-order valence-corrected chi connectivity index (χ3v) is 2.79. The predicted octanol–water partition coefficient (Wildman–Crippen LogP) is 1.36. The van der Waals surface area contributed by atoms with E-state index in [1.54, 1.807) is 13.0 Å². The highest BCUT2D eigenvalue weighted by molar-refractivity contribution is 9.10. The molecule has 0 fully saturated rings. The van der Waals surface area contributed by atoms with E-state index < -0.39 is 6.10 Å². The van der Waals surface area contributed by atoms with Gasteiger partial charge in [-0.15, -0.1) is 0 Å².